The van der Waals surface area contributed by atoms with Crippen molar-refractivity contribution in [1.82, 2.24) is 5.32 Å². The first-order valence-corrected chi connectivity index (χ1v) is 3.87. The summed E-state index contributed by atoms with van der Waals surface area (Å²) in [6.07, 6.45) is 7.32. The summed E-state index contributed by atoms with van der Waals surface area (Å²) in [5.41, 5.74) is 1.39. The predicted molar refractivity (Wildman–Crippen MR) is 46.9 cm³/mol. The number of nitrogens with one attached hydrogen (secondary N) is 1. The molecule has 1 rings (SSSR count). The molecule has 0 aliphatic carbocycles. The fourth-order valence-corrected chi connectivity index (χ4v) is 0.559. The Hall–Kier alpha value is -0.720. The van der Waals surface area contributed by atoms with Crippen LogP contribution >= 0.6 is 0 Å². The minimum atomic E-state index is 1.01. The summed E-state index contributed by atoms with van der Waals surface area (Å²) in [5, 5.41) is 3.09. The molecule has 0 spiro atoms. The van der Waals surface area contributed by atoms with Crippen LogP contribution in [0, 0.1) is 0 Å². The van der Waals surface area contributed by atoms with E-state index < -0.39 is 0 Å². The molecule has 1 aliphatic rings. The molecule has 1 heterocycles. The molecule has 0 amide bonds. The lowest BCUT2D eigenvalue weighted by molar-refractivity contribution is 0.920. The molecule has 1 N–H and O–H groups in total. The van der Waals surface area contributed by atoms with Gasteiger partial charge >= 0.3 is 0 Å². The third kappa shape index (κ3) is 5.42. The molecule has 10 heavy (non-hydrogen) atoms. The van der Waals surface area contributed by atoms with Crippen LogP contribution in [-0.2, 0) is 0 Å². The zero-order valence-corrected chi connectivity index (χ0v) is 7.15. The van der Waals surface area contributed by atoms with Crippen molar-refractivity contribution in [2.45, 2.75) is 27.2 Å². The van der Waals surface area contributed by atoms with E-state index in [0.29, 0.717) is 0 Å². The van der Waals surface area contributed by atoms with Crippen LogP contribution in [0.3, 0.4) is 0 Å². The lowest BCUT2D eigenvalue weighted by atomic mass is 10.2. The fraction of sp³-hybridized carbons (Fsp3) is 0.556. The summed E-state index contributed by atoms with van der Waals surface area (Å²) in [5.74, 6) is 0. The number of allylic oxidation sites excluding steroid dienone is 2. The Morgan fingerprint density at radius 3 is 2.30 bits per heavy atom. The summed E-state index contributed by atoms with van der Waals surface area (Å²) in [6, 6.07) is 0. The van der Waals surface area contributed by atoms with Crippen molar-refractivity contribution in [3.05, 3.63) is 23.9 Å². The van der Waals surface area contributed by atoms with Crippen LogP contribution in [-0.4, -0.2) is 6.54 Å². The zero-order valence-electron chi connectivity index (χ0n) is 7.15. The van der Waals surface area contributed by atoms with E-state index in [9.17, 15) is 0 Å². The van der Waals surface area contributed by atoms with Gasteiger partial charge < -0.3 is 5.32 Å². The van der Waals surface area contributed by atoms with Crippen LogP contribution < -0.4 is 5.32 Å². The van der Waals surface area contributed by atoms with Gasteiger partial charge in [0.25, 0.3) is 0 Å². The minimum absolute atomic E-state index is 1.01. The van der Waals surface area contributed by atoms with E-state index in [1.54, 1.807) is 0 Å². The molecule has 0 aromatic heterocycles. The molecule has 0 saturated heterocycles. The summed E-state index contributed by atoms with van der Waals surface area (Å²) in [6.45, 7) is 7.37. The number of dihydropyridines is 1. The van der Waals surface area contributed by atoms with Gasteiger partial charge in [0.15, 0.2) is 0 Å². The highest BCUT2D eigenvalue weighted by Gasteiger charge is 1.86. The molecule has 0 unspecified atom stereocenters. The largest absolute Gasteiger partial charge is 0.387 e. The number of rotatable bonds is 0. The molecule has 1 heteroatoms. The fourth-order valence-electron chi connectivity index (χ4n) is 0.559. The van der Waals surface area contributed by atoms with E-state index in [-0.39, 0.29) is 0 Å². The first-order valence-electron chi connectivity index (χ1n) is 3.87. The molecule has 0 aromatic carbocycles. The van der Waals surface area contributed by atoms with Gasteiger partial charge in [-0.05, 0) is 19.2 Å². The maximum absolute atomic E-state index is 3.09. The quantitative estimate of drug-likeness (QED) is 0.543. The smallest absolute Gasteiger partial charge is 0.0355 e. The van der Waals surface area contributed by atoms with Crippen molar-refractivity contribution in [3.63, 3.8) is 0 Å². The van der Waals surface area contributed by atoms with Crippen molar-refractivity contribution >= 4 is 0 Å². The third-order valence-electron chi connectivity index (χ3n) is 0.976. The summed E-state index contributed by atoms with van der Waals surface area (Å²) in [4.78, 5) is 0. The second-order valence-electron chi connectivity index (χ2n) is 2.46. The highest BCUT2D eigenvalue weighted by atomic mass is 14.8. The average Bonchev–Trinajstić information content (AvgIpc) is 1.91. The van der Waals surface area contributed by atoms with E-state index in [0.717, 1.165) is 6.54 Å². The molecule has 0 saturated carbocycles. The molecule has 0 fully saturated rings. The standard InChI is InChI=1S/C6H9N.C3H8/c1-6-3-2-4-7-5-6;1-3-2/h2-4,7H,5H2,1H3;3H2,1-2H3. The van der Waals surface area contributed by atoms with Crippen molar-refractivity contribution in [3.8, 4) is 0 Å². The van der Waals surface area contributed by atoms with E-state index >= 15 is 0 Å². The molecule has 0 bridgehead atoms. The number of hydrogen-bond acceptors (Lipinski definition) is 1. The molecular weight excluding hydrogens is 122 g/mol. The van der Waals surface area contributed by atoms with E-state index in [1.807, 2.05) is 12.3 Å². The molecule has 0 atom stereocenters. The highest BCUT2D eigenvalue weighted by molar-refractivity contribution is 5.15. The van der Waals surface area contributed by atoms with Gasteiger partial charge in [-0.25, -0.2) is 0 Å². The predicted octanol–water partition coefficient (Wildman–Crippen LogP) is 2.47. The summed E-state index contributed by atoms with van der Waals surface area (Å²) < 4.78 is 0. The van der Waals surface area contributed by atoms with Crippen LogP contribution in [0.1, 0.15) is 27.2 Å². The number of hydrogen-bond donors (Lipinski definition) is 1. The van der Waals surface area contributed by atoms with E-state index in [1.165, 1.54) is 12.0 Å². The average molecular weight is 139 g/mol. The maximum atomic E-state index is 3.09. The molecule has 1 nitrogen and oxygen atoms in total. The molecule has 0 radical (unpaired) electrons. The zero-order chi connectivity index (χ0) is 7.82. The summed E-state index contributed by atoms with van der Waals surface area (Å²) >= 11 is 0. The van der Waals surface area contributed by atoms with Gasteiger partial charge in [0, 0.05) is 6.54 Å². The second kappa shape index (κ2) is 6.40. The first-order chi connectivity index (χ1) is 4.81. The normalized spacial score (nSPS) is 14.5. The Labute approximate surface area is 63.8 Å². The minimum Gasteiger partial charge on any atom is -0.387 e. The van der Waals surface area contributed by atoms with Crippen LogP contribution in [0.4, 0.5) is 0 Å². The Balaban J connectivity index is 0.000000236. The van der Waals surface area contributed by atoms with Gasteiger partial charge in [0.05, 0.1) is 0 Å². The first kappa shape index (κ1) is 9.28. The molecule has 0 aromatic rings. The Morgan fingerprint density at radius 1 is 1.50 bits per heavy atom. The monoisotopic (exact) mass is 139 g/mol. The SMILES string of the molecule is CC1=CC=CNC1.CCC. The van der Waals surface area contributed by atoms with Gasteiger partial charge in [-0.15, -0.1) is 0 Å². The Bertz CT molecular complexity index is 123. The van der Waals surface area contributed by atoms with Crippen molar-refractivity contribution in [2.75, 3.05) is 6.54 Å². The lowest BCUT2D eigenvalue weighted by Crippen LogP contribution is -2.10. The van der Waals surface area contributed by atoms with Gasteiger partial charge in [-0.1, -0.05) is 31.9 Å². The molecule has 1 aliphatic heterocycles. The highest BCUT2D eigenvalue weighted by Crippen LogP contribution is 1.93. The maximum Gasteiger partial charge on any atom is 0.0355 e. The van der Waals surface area contributed by atoms with Crippen LogP contribution in [0.25, 0.3) is 0 Å². The van der Waals surface area contributed by atoms with E-state index in [2.05, 4.69) is 32.2 Å². The van der Waals surface area contributed by atoms with Gasteiger partial charge in [-0.2, -0.15) is 0 Å². The van der Waals surface area contributed by atoms with E-state index in [4.69, 9.17) is 0 Å². The summed E-state index contributed by atoms with van der Waals surface area (Å²) in [7, 11) is 0. The topological polar surface area (TPSA) is 12.0 Å². The second-order valence-corrected chi connectivity index (χ2v) is 2.46. The Morgan fingerprint density at radius 2 is 2.10 bits per heavy atom. The lowest BCUT2D eigenvalue weighted by Gasteiger charge is -2.02. The molecule has 58 valence electrons. The van der Waals surface area contributed by atoms with Crippen LogP contribution in [0.2, 0.25) is 0 Å². The van der Waals surface area contributed by atoms with Crippen LogP contribution in [0.15, 0.2) is 23.9 Å². The van der Waals surface area contributed by atoms with Gasteiger partial charge in [0.2, 0.25) is 0 Å². The van der Waals surface area contributed by atoms with Crippen molar-refractivity contribution < 1.29 is 0 Å². The van der Waals surface area contributed by atoms with Crippen molar-refractivity contribution in [2.24, 2.45) is 0 Å². The third-order valence-corrected chi connectivity index (χ3v) is 0.976. The Kier molecular flexibility index (Phi) is 5.94. The van der Waals surface area contributed by atoms with Gasteiger partial charge in [0.1, 0.15) is 0 Å². The van der Waals surface area contributed by atoms with Gasteiger partial charge in [-0.3, -0.25) is 0 Å². The van der Waals surface area contributed by atoms with Crippen LogP contribution in [0.5, 0.6) is 0 Å². The van der Waals surface area contributed by atoms with Crippen molar-refractivity contribution in [1.29, 1.82) is 0 Å². The molecular formula is C9H17N.